The summed E-state index contributed by atoms with van der Waals surface area (Å²) in [7, 11) is -4.59. The molecule has 3 atom stereocenters. The third-order valence-corrected chi connectivity index (χ3v) is 5.22. The zero-order chi connectivity index (χ0) is 16.8. The Bertz CT molecular complexity index is 790. The molecule has 9 heteroatoms. The first-order valence-corrected chi connectivity index (χ1v) is 8.46. The summed E-state index contributed by atoms with van der Waals surface area (Å²) < 4.78 is 33.4. The summed E-state index contributed by atoms with van der Waals surface area (Å²) in [4.78, 5) is 36.1. The number of amides is 2. The van der Waals surface area contributed by atoms with Crippen molar-refractivity contribution in [3.63, 3.8) is 0 Å². The van der Waals surface area contributed by atoms with Crippen molar-refractivity contribution in [1.29, 1.82) is 0 Å². The van der Waals surface area contributed by atoms with Crippen molar-refractivity contribution in [2.45, 2.75) is 30.3 Å². The molecule has 0 radical (unpaired) electrons. The third kappa shape index (κ3) is 2.56. The lowest BCUT2D eigenvalue weighted by molar-refractivity contribution is -0.138. The number of hydrogen-bond donors (Lipinski definition) is 2. The highest BCUT2D eigenvalue weighted by Crippen LogP contribution is 2.45. The number of imide groups is 1. The van der Waals surface area contributed by atoms with Gasteiger partial charge in [0.25, 0.3) is 10.1 Å². The second kappa shape index (κ2) is 5.52. The van der Waals surface area contributed by atoms with E-state index >= 15 is 0 Å². The fourth-order valence-corrected chi connectivity index (χ4v) is 4.38. The summed E-state index contributed by atoms with van der Waals surface area (Å²) in [5.74, 6) is -1.12. The van der Waals surface area contributed by atoms with Gasteiger partial charge in [0, 0.05) is 6.42 Å². The summed E-state index contributed by atoms with van der Waals surface area (Å²) >= 11 is 0. The van der Waals surface area contributed by atoms with E-state index in [1.165, 1.54) is 6.07 Å². The van der Waals surface area contributed by atoms with Gasteiger partial charge in [-0.25, -0.2) is 0 Å². The van der Waals surface area contributed by atoms with E-state index in [1.54, 1.807) is 18.2 Å². The van der Waals surface area contributed by atoms with Crippen molar-refractivity contribution >= 4 is 28.2 Å². The van der Waals surface area contributed by atoms with Crippen molar-refractivity contribution in [3.05, 3.63) is 35.4 Å². The van der Waals surface area contributed by atoms with E-state index in [0.717, 1.165) is 4.90 Å². The minimum Gasteiger partial charge on any atom is -0.301 e. The number of rotatable bonds is 3. The molecule has 1 saturated heterocycles. The van der Waals surface area contributed by atoms with Crippen molar-refractivity contribution in [3.8, 4) is 0 Å². The number of piperidine rings is 1. The van der Waals surface area contributed by atoms with Gasteiger partial charge in [-0.05, 0) is 17.5 Å². The number of aldehydes is 1. The van der Waals surface area contributed by atoms with Gasteiger partial charge in [0.1, 0.15) is 6.29 Å². The SMILES string of the molecule is O=CC1c2ccccc2C(S(=O)(=O)O)N1C1CCC(=O)NC1=O. The van der Waals surface area contributed by atoms with Crippen LogP contribution < -0.4 is 5.32 Å². The highest BCUT2D eigenvalue weighted by atomic mass is 32.2. The van der Waals surface area contributed by atoms with E-state index in [-0.39, 0.29) is 18.4 Å². The Balaban J connectivity index is 2.12. The summed E-state index contributed by atoms with van der Waals surface area (Å²) in [5.41, 5.74) is 0.687. The summed E-state index contributed by atoms with van der Waals surface area (Å²) in [5, 5.41) is 0.622. The maximum absolute atomic E-state index is 12.1. The standard InChI is InChI=1S/C14H14N2O6S/c17-7-11-8-3-1-2-4-9(8)14(23(20,21)22)16(11)10-5-6-12(18)15-13(10)19/h1-4,7,10-11,14H,5-6H2,(H,15,18,19)(H,20,21,22). The number of nitrogens with one attached hydrogen (secondary N) is 1. The minimum atomic E-state index is -4.59. The molecule has 1 aromatic carbocycles. The molecule has 8 nitrogen and oxygen atoms in total. The van der Waals surface area contributed by atoms with Crippen LogP contribution in [0.2, 0.25) is 0 Å². The number of carbonyl (C=O) groups excluding carboxylic acids is 3. The average molecular weight is 338 g/mol. The normalized spacial score (nSPS) is 28.3. The molecule has 2 amide bonds. The summed E-state index contributed by atoms with van der Waals surface area (Å²) in [6.07, 6.45) is 0.649. The van der Waals surface area contributed by atoms with Crippen molar-refractivity contribution in [2.24, 2.45) is 0 Å². The molecule has 2 heterocycles. The lowest BCUT2D eigenvalue weighted by atomic mass is 10.0. The second-order valence-corrected chi connectivity index (χ2v) is 6.97. The van der Waals surface area contributed by atoms with Crippen LogP contribution in [0.15, 0.2) is 24.3 Å². The van der Waals surface area contributed by atoms with Gasteiger partial charge >= 0.3 is 0 Å². The first kappa shape index (κ1) is 15.8. The highest BCUT2D eigenvalue weighted by molar-refractivity contribution is 7.86. The van der Waals surface area contributed by atoms with Crippen LogP contribution in [0.5, 0.6) is 0 Å². The maximum Gasteiger partial charge on any atom is 0.285 e. The largest absolute Gasteiger partial charge is 0.301 e. The molecule has 0 spiro atoms. The van der Waals surface area contributed by atoms with Crippen molar-refractivity contribution in [1.82, 2.24) is 10.2 Å². The molecule has 1 aromatic rings. The van der Waals surface area contributed by atoms with Crippen LogP contribution in [-0.2, 0) is 24.5 Å². The molecule has 0 aromatic heterocycles. The Morgan fingerprint density at radius 1 is 1.22 bits per heavy atom. The summed E-state index contributed by atoms with van der Waals surface area (Å²) in [6.45, 7) is 0. The van der Waals surface area contributed by atoms with Crippen LogP contribution in [0.3, 0.4) is 0 Å². The Morgan fingerprint density at radius 2 is 1.87 bits per heavy atom. The number of fused-ring (bicyclic) bond motifs is 1. The lowest BCUT2D eigenvalue weighted by Crippen LogP contribution is -2.53. The van der Waals surface area contributed by atoms with Gasteiger partial charge in [-0.15, -0.1) is 0 Å². The monoisotopic (exact) mass is 338 g/mol. The predicted octanol–water partition coefficient (Wildman–Crippen LogP) is -0.0662. The Kier molecular flexibility index (Phi) is 3.78. The molecule has 122 valence electrons. The number of nitrogens with zero attached hydrogens (tertiary/aromatic N) is 1. The number of carbonyl (C=O) groups is 3. The Labute approximate surface area is 132 Å². The molecular formula is C14H14N2O6S. The molecule has 2 aliphatic rings. The first-order valence-electron chi connectivity index (χ1n) is 6.96. The van der Waals surface area contributed by atoms with Crippen LogP contribution in [0.4, 0.5) is 0 Å². The van der Waals surface area contributed by atoms with Gasteiger partial charge in [-0.3, -0.25) is 24.4 Å². The van der Waals surface area contributed by atoms with E-state index in [0.29, 0.717) is 11.8 Å². The van der Waals surface area contributed by atoms with Crippen LogP contribution in [0.25, 0.3) is 0 Å². The van der Waals surface area contributed by atoms with Gasteiger partial charge in [0.15, 0.2) is 5.37 Å². The first-order chi connectivity index (χ1) is 10.8. The third-order valence-electron chi connectivity index (χ3n) is 4.15. The van der Waals surface area contributed by atoms with E-state index < -0.39 is 39.4 Å². The fraction of sp³-hybridized carbons (Fsp3) is 0.357. The quantitative estimate of drug-likeness (QED) is 0.450. The van der Waals surface area contributed by atoms with Crippen molar-refractivity contribution in [2.75, 3.05) is 0 Å². The van der Waals surface area contributed by atoms with Gasteiger partial charge in [-0.2, -0.15) is 8.42 Å². The molecule has 0 bridgehead atoms. The van der Waals surface area contributed by atoms with Crippen LogP contribution in [0, 0.1) is 0 Å². The van der Waals surface area contributed by atoms with Crippen LogP contribution >= 0.6 is 0 Å². The average Bonchev–Trinajstić information content (AvgIpc) is 2.81. The maximum atomic E-state index is 12.1. The molecular weight excluding hydrogens is 324 g/mol. The molecule has 0 saturated carbocycles. The second-order valence-electron chi connectivity index (χ2n) is 5.49. The number of hydrogen-bond acceptors (Lipinski definition) is 6. The van der Waals surface area contributed by atoms with Crippen molar-refractivity contribution < 1.29 is 27.4 Å². The van der Waals surface area contributed by atoms with Crippen LogP contribution in [0.1, 0.15) is 35.4 Å². The smallest absolute Gasteiger partial charge is 0.285 e. The van der Waals surface area contributed by atoms with Gasteiger partial charge in [0.05, 0.1) is 12.1 Å². The topological polar surface area (TPSA) is 121 Å². The highest BCUT2D eigenvalue weighted by Gasteiger charge is 2.50. The van der Waals surface area contributed by atoms with E-state index in [4.69, 9.17) is 0 Å². The van der Waals surface area contributed by atoms with E-state index in [9.17, 15) is 27.4 Å². The molecule has 0 aliphatic carbocycles. The zero-order valence-electron chi connectivity index (χ0n) is 11.9. The van der Waals surface area contributed by atoms with Gasteiger partial charge in [0.2, 0.25) is 11.8 Å². The zero-order valence-corrected chi connectivity index (χ0v) is 12.7. The molecule has 1 fully saturated rings. The van der Waals surface area contributed by atoms with Gasteiger partial charge < -0.3 is 4.79 Å². The Hall–Kier alpha value is -2.10. The molecule has 3 rings (SSSR count). The van der Waals surface area contributed by atoms with Crippen LogP contribution in [-0.4, -0.2) is 42.0 Å². The number of benzene rings is 1. The predicted molar refractivity (Wildman–Crippen MR) is 77.5 cm³/mol. The summed E-state index contributed by atoms with van der Waals surface area (Å²) in [6, 6.07) is 4.33. The van der Waals surface area contributed by atoms with Gasteiger partial charge in [-0.1, -0.05) is 24.3 Å². The molecule has 2 N–H and O–H groups in total. The fourth-order valence-electron chi connectivity index (χ4n) is 3.25. The van der Waals surface area contributed by atoms with E-state index in [2.05, 4.69) is 5.32 Å². The van der Waals surface area contributed by atoms with E-state index in [1.807, 2.05) is 0 Å². The Morgan fingerprint density at radius 3 is 2.43 bits per heavy atom. The molecule has 23 heavy (non-hydrogen) atoms. The lowest BCUT2D eigenvalue weighted by Gasteiger charge is -2.35. The minimum absolute atomic E-state index is 0.0347. The molecule has 3 unspecified atom stereocenters. The molecule has 2 aliphatic heterocycles.